The van der Waals surface area contributed by atoms with Crippen molar-refractivity contribution in [2.45, 2.75) is 26.3 Å². The van der Waals surface area contributed by atoms with Crippen molar-refractivity contribution in [2.24, 2.45) is 5.73 Å². The Bertz CT molecular complexity index is 1000. The predicted molar refractivity (Wildman–Crippen MR) is 144 cm³/mol. The number of amides is 3. The Hall–Kier alpha value is -1.60. The summed E-state index contributed by atoms with van der Waals surface area (Å²) in [4.78, 5) is 37.4. The maximum Gasteiger partial charge on any atom is 0.324 e. The standard InChI is InChI=1S/C21H25ClN4O4S.ClH.HI/c1-3-30-17(27)9-11-26(2)10-8-15-16(12-26)31-20(18(15)19(23)28)25-21(29)24-14-6-4-13(22)5-7-14;;/h4-7H,3,8-12H2,1-2H3,(H3-,23,24,25,28,29);2*1H/p+1. The van der Waals surface area contributed by atoms with Gasteiger partial charge >= 0.3 is 12.0 Å². The second-order valence-electron chi connectivity index (χ2n) is 7.69. The van der Waals surface area contributed by atoms with Crippen LogP contribution in [0.5, 0.6) is 0 Å². The van der Waals surface area contributed by atoms with Crippen LogP contribution >= 0.6 is 59.3 Å². The number of rotatable bonds is 7. The van der Waals surface area contributed by atoms with Crippen LogP contribution in [0.3, 0.4) is 0 Å². The summed E-state index contributed by atoms with van der Waals surface area (Å²) in [6, 6.07) is 6.24. The van der Waals surface area contributed by atoms with E-state index in [1.807, 2.05) is 0 Å². The van der Waals surface area contributed by atoms with Crippen molar-refractivity contribution in [1.29, 1.82) is 0 Å². The predicted octanol–water partition coefficient (Wildman–Crippen LogP) is 4.64. The van der Waals surface area contributed by atoms with E-state index in [2.05, 4.69) is 17.7 Å². The summed E-state index contributed by atoms with van der Waals surface area (Å²) >= 11 is 7.22. The van der Waals surface area contributed by atoms with E-state index in [0.717, 1.165) is 17.0 Å². The summed E-state index contributed by atoms with van der Waals surface area (Å²) in [7, 11) is 2.08. The lowest BCUT2D eigenvalue weighted by Gasteiger charge is -2.37. The number of benzene rings is 1. The van der Waals surface area contributed by atoms with Gasteiger partial charge in [-0.15, -0.1) is 47.7 Å². The van der Waals surface area contributed by atoms with Gasteiger partial charge in [0.15, 0.2) is 0 Å². The van der Waals surface area contributed by atoms with E-state index in [1.54, 1.807) is 31.2 Å². The van der Waals surface area contributed by atoms with Crippen LogP contribution in [0.15, 0.2) is 24.3 Å². The average molecular weight is 630 g/mol. The normalized spacial score (nSPS) is 16.5. The van der Waals surface area contributed by atoms with Crippen molar-refractivity contribution < 1.29 is 23.6 Å². The van der Waals surface area contributed by atoms with Crippen LogP contribution in [0, 0.1) is 0 Å². The number of likely N-dealkylation sites (N-methyl/N-ethyl adjacent to an activating group) is 1. The number of hydrogen-bond donors (Lipinski definition) is 3. The third-order valence-electron chi connectivity index (χ3n) is 5.25. The van der Waals surface area contributed by atoms with Gasteiger partial charge < -0.3 is 20.3 Å². The highest BCUT2D eigenvalue weighted by molar-refractivity contribution is 14.0. The van der Waals surface area contributed by atoms with Crippen molar-refractivity contribution >= 4 is 87.9 Å². The van der Waals surface area contributed by atoms with E-state index in [-0.39, 0.29) is 42.4 Å². The first-order chi connectivity index (χ1) is 14.7. The number of hydrogen-bond acceptors (Lipinski definition) is 5. The first kappa shape index (κ1) is 29.4. The van der Waals surface area contributed by atoms with Gasteiger partial charge in [-0.05, 0) is 36.8 Å². The Morgan fingerprint density at radius 1 is 1.21 bits per heavy atom. The van der Waals surface area contributed by atoms with Crippen LogP contribution in [0.25, 0.3) is 0 Å². The number of carbonyl (C=O) groups is 3. The molecule has 33 heavy (non-hydrogen) atoms. The lowest BCUT2D eigenvalue weighted by Crippen LogP contribution is -2.48. The van der Waals surface area contributed by atoms with Gasteiger partial charge in [0.1, 0.15) is 11.5 Å². The van der Waals surface area contributed by atoms with Crippen LogP contribution in [0.4, 0.5) is 15.5 Å². The molecular weight excluding hydrogens is 602 g/mol. The third-order valence-corrected chi connectivity index (χ3v) is 6.64. The van der Waals surface area contributed by atoms with Crippen molar-refractivity contribution in [1.82, 2.24) is 0 Å². The van der Waals surface area contributed by atoms with Gasteiger partial charge in [-0.3, -0.25) is 14.9 Å². The summed E-state index contributed by atoms with van der Waals surface area (Å²) < 4.78 is 5.69. The van der Waals surface area contributed by atoms with Gasteiger partial charge in [0.05, 0.1) is 43.6 Å². The van der Waals surface area contributed by atoms with Crippen molar-refractivity contribution in [3.05, 3.63) is 45.3 Å². The fraction of sp³-hybridized carbons (Fsp3) is 0.381. The van der Waals surface area contributed by atoms with Gasteiger partial charge in [0.25, 0.3) is 5.91 Å². The number of halogens is 3. The first-order valence-corrected chi connectivity index (χ1v) is 11.2. The SMILES string of the molecule is CCOC(=O)CC[N+]1(C)CCc2c(sc(NC(=O)Nc3ccc(Cl)cc3)c2C(N)=O)C1.Cl.I. The van der Waals surface area contributed by atoms with Crippen LogP contribution in [-0.2, 0) is 22.5 Å². The van der Waals surface area contributed by atoms with E-state index >= 15 is 0 Å². The van der Waals surface area contributed by atoms with E-state index in [1.165, 1.54) is 11.3 Å². The molecular formula is C21H28Cl2IN4O4S+. The molecule has 1 aromatic carbocycles. The average Bonchev–Trinajstić information content (AvgIpc) is 3.05. The molecule has 2 aromatic rings. The number of ether oxygens (including phenoxy) is 1. The molecule has 3 rings (SSSR count). The Balaban J connectivity index is 0.00000272. The zero-order valence-corrected chi connectivity index (χ0v) is 23.0. The van der Waals surface area contributed by atoms with Crippen LogP contribution in [0.1, 0.15) is 34.1 Å². The molecule has 8 nitrogen and oxygen atoms in total. The van der Waals surface area contributed by atoms with Crippen molar-refractivity contribution in [2.75, 3.05) is 37.4 Å². The zero-order chi connectivity index (χ0) is 22.6. The Morgan fingerprint density at radius 2 is 1.88 bits per heavy atom. The molecule has 1 unspecified atom stereocenters. The molecule has 12 heteroatoms. The van der Waals surface area contributed by atoms with E-state index in [9.17, 15) is 14.4 Å². The third kappa shape index (κ3) is 7.71. The molecule has 1 atom stereocenters. The number of carbonyl (C=O) groups excluding carboxylic acids is 3. The highest BCUT2D eigenvalue weighted by Crippen LogP contribution is 2.38. The minimum Gasteiger partial charge on any atom is -0.466 e. The van der Waals surface area contributed by atoms with E-state index in [4.69, 9.17) is 22.1 Å². The summed E-state index contributed by atoms with van der Waals surface area (Å²) in [5.74, 6) is -0.778. The summed E-state index contributed by atoms with van der Waals surface area (Å²) in [5, 5.41) is 6.48. The molecule has 0 saturated heterocycles. The van der Waals surface area contributed by atoms with E-state index in [0.29, 0.717) is 58.3 Å². The number of urea groups is 1. The summed E-state index contributed by atoms with van der Waals surface area (Å²) in [5.41, 5.74) is 7.46. The molecule has 1 aliphatic rings. The highest BCUT2D eigenvalue weighted by Gasteiger charge is 2.35. The molecule has 0 spiro atoms. The quantitative estimate of drug-likeness (QED) is 0.235. The van der Waals surface area contributed by atoms with E-state index < -0.39 is 11.9 Å². The van der Waals surface area contributed by atoms with Gasteiger partial charge in [0, 0.05) is 17.1 Å². The highest BCUT2D eigenvalue weighted by atomic mass is 127. The van der Waals surface area contributed by atoms with Gasteiger partial charge in [-0.25, -0.2) is 4.79 Å². The lowest BCUT2D eigenvalue weighted by atomic mass is 10.0. The second kappa shape index (κ2) is 12.7. The Morgan fingerprint density at radius 3 is 2.48 bits per heavy atom. The minimum absolute atomic E-state index is 0. The Labute approximate surface area is 225 Å². The Kier molecular flexibility index (Phi) is 11.4. The fourth-order valence-corrected chi connectivity index (χ4v) is 5.19. The first-order valence-electron chi connectivity index (χ1n) is 9.98. The molecule has 1 aliphatic heterocycles. The summed E-state index contributed by atoms with van der Waals surface area (Å²) in [6.45, 7) is 4.21. The topological polar surface area (TPSA) is 111 Å². The minimum atomic E-state index is -0.568. The number of nitrogens with one attached hydrogen (secondary N) is 2. The summed E-state index contributed by atoms with van der Waals surface area (Å²) in [6.07, 6.45) is 0.978. The van der Waals surface area contributed by atoms with Crippen LogP contribution < -0.4 is 16.4 Å². The van der Waals surface area contributed by atoms with Gasteiger partial charge in [0.2, 0.25) is 0 Å². The van der Waals surface area contributed by atoms with Gasteiger partial charge in [-0.1, -0.05) is 11.6 Å². The maximum atomic E-state index is 12.5. The number of anilines is 2. The van der Waals surface area contributed by atoms with Crippen LogP contribution in [0.2, 0.25) is 5.02 Å². The molecule has 0 fully saturated rings. The molecule has 1 aromatic heterocycles. The number of thiophene rings is 1. The smallest absolute Gasteiger partial charge is 0.324 e. The monoisotopic (exact) mass is 629 g/mol. The molecule has 0 saturated carbocycles. The van der Waals surface area contributed by atoms with Gasteiger partial charge in [-0.2, -0.15) is 0 Å². The number of nitrogens with zero attached hydrogens (tertiary/aromatic N) is 1. The van der Waals surface area contributed by atoms with Crippen LogP contribution in [-0.4, -0.2) is 49.1 Å². The number of primary amides is 1. The molecule has 0 radical (unpaired) electrons. The molecule has 0 bridgehead atoms. The molecule has 4 N–H and O–H groups in total. The largest absolute Gasteiger partial charge is 0.466 e. The number of quaternary nitrogens is 1. The molecule has 2 heterocycles. The lowest BCUT2D eigenvalue weighted by molar-refractivity contribution is -0.923. The van der Waals surface area contributed by atoms with Crippen molar-refractivity contribution in [3.63, 3.8) is 0 Å². The second-order valence-corrected chi connectivity index (χ2v) is 9.23. The molecule has 0 aliphatic carbocycles. The molecule has 3 amide bonds. The molecule has 182 valence electrons. The maximum absolute atomic E-state index is 12.5. The zero-order valence-electron chi connectivity index (χ0n) is 18.3. The van der Waals surface area contributed by atoms with Crippen molar-refractivity contribution in [3.8, 4) is 0 Å². The number of nitrogens with two attached hydrogens (primary N) is 1. The fourth-order valence-electron chi connectivity index (χ4n) is 3.64. The number of esters is 1. The number of fused-ring (bicyclic) bond motifs is 1.